The van der Waals surface area contributed by atoms with Crippen molar-refractivity contribution in [1.29, 1.82) is 0 Å². The van der Waals surface area contributed by atoms with Gasteiger partial charge in [-0.05, 0) is 0 Å². The van der Waals surface area contributed by atoms with Gasteiger partial charge in [0, 0.05) is 21.0 Å². The lowest BCUT2D eigenvalue weighted by molar-refractivity contribution is 0.388. The van der Waals surface area contributed by atoms with Crippen LogP contribution in [0.2, 0.25) is 0 Å². The first-order chi connectivity index (χ1) is 4.86. The average molecular weight is 254 g/mol. The maximum absolute atomic E-state index is 4.88. The molecule has 0 aromatic heterocycles. The Hall–Kier alpha value is -0.460. The molecule has 0 aliphatic carbocycles. The number of hydrogen-bond acceptors (Lipinski definition) is 4. The van der Waals surface area contributed by atoms with Gasteiger partial charge in [0.1, 0.15) is 0 Å². The van der Waals surface area contributed by atoms with Gasteiger partial charge in [-0.25, -0.2) is 0 Å². The van der Waals surface area contributed by atoms with Gasteiger partial charge in [0.05, 0.1) is 18.2 Å². The number of hydrogen-bond donors (Lipinski definition) is 0. The summed E-state index contributed by atoms with van der Waals surface area (Å²) >= 11 is -0.296. The Bertz CT molecular complexity index is 205. The Labute approximate surface area is 69.1 Å². The molecule has 0 atom stereocenters. The molecule has 0 bridgehead atoms. The highest BCUT2D eigenvalue weighted by molar-refractivity contribution is 14.2. The monoisotopic (exact) mass is 254 g/mol. The second-order valence-corrected chi connectivity index (χ2v) is 3.09. The van der Waals surface area contributed by atoms with E-state index in [0.29, 0.717) is 11.9 Å². The molecular weight excluding hydrogens is 247 g/mol. The van der Waals surface area contributed by atoms with Gasteiger partial charge in [0.25, 0.3) is 0 Å². The molecule has 0 N–H and O–H groups in total. The van der Waals surface area contributed by atoms with Gasteiger partial charge in [-0.2, -0.15) is 8.20 Å². The summed E-state index contributed by atoms with van der Waals surface area (Å²) in [5.74, 6) is 0.611. The van der Waals surface area contributed by atoms with Crippen LogP contribution in [-0.4, -0.2) is 30.2 Å². The molecule has 0 aromatic rings. The van der Waals surface area contributed by atoms with Gasteiger partial charge < -0.3 is 9.47 Å². The number of halogens is 1. The van der Waals surface area contributed by atoms with E-state index in [1.54, 1.807) is 14.2 Å². The Morgan fingerprint density at radius 2 is 2.20 bits per heavy atom. The Morgan fingerprint density at radius 1 is 1.40 bits per heavy atom. The number of ether oxygens (including phenoxy) is 2. The minimum atomic E-state index is -0.296. The number of methoxy groups -OCH3 is 2. The molecule has 0 saturated carbocycles. The maximum Gasteiger partial charge on any atom is 0.324 e. The molecule has 0 spiro atoms. The zero-order chi connectivity index (χ0) is 7.40. The molecule has 1 heterocycles. The molecule has 1 aliphatic rings. The number of amidine groups is 1. The summed E-state index contributed by atoms with van der Waals surface area (Å²) in [5, 5.41) is 0. The molecule has 4 nitrogen and oxygen atoms in total. The summed E-state index contributed by atoms with van der Waals surface area (Å²) < 4.78 is 15.6. The SMILES string of the molecule is COC1=NC(OC)=NI=C1. The fourth-order valence-corrected chi connectivity index (χ4v) is 1.73. The third-order valence-electron chi connectivity index (χ3n) is 0.861. The predicted molar refractivity (Wildman–Crippen MR) is 49.0 cm³/mol. The summed E-state index contributed by atoms with van der Waals surface area (Å²) in [6.07, 6.45) is 0. The van der Waals surface area contributed by atoms with Crippen molar-refractivity contribution in [2.75, 3.05) is 14.2 Å². The van der Waals surface area contributed by atoms with E-state index in [0.717, 1.165) is 0 Å². The molecule has 0 fully saturated rings. The van der Waals surface area contributed by atoms with Crippen molar-refractivity contribution in [3.63, 3.8) is 0 Å². The molecule has 56 valence electrons. The van der Waals surface area contributed by atoms with E-state index in [1.165, 1.54) is 0 Å². The fraction of sp³-hybridized carbons (Fsp3) is 0.400. The Morgan fingerprint density at radius 3 is 2.80 bits per heavy atom. The van der Waals surface area contributed by atoms with Crippen molar-refractivity contribution in [3.05, 3.63) is 0 Å². The molecule has 0 unspecified atom stereocenters. The second kappa shape index (κ2) is 3.65. The summed E-state index contributed by atoms with van der Waals surface area (Å²) in [5.41, 5.74) is 0. The van der Waals surface area contributed by atoms with Crippen LogP contribution in [0.5, 0.6) is 0 Å². The Kier molecular flexibility index (Phi) is 2.79. The van der Waals surface area contributed by atoms with E-state index in [4.69, 9.17) is 9.47 Å². The average Bonchev–Trinajstić information content (AvgIpc) is 2.05. The van der Waals surface area contributed by atoms with E-state index in [1.807, 2.05) is 4.01 Å². The molecule has 0 amide bonds. The van der Waals surface area contributed by atoms with Crippen LogP contribution in [0.25, 0.3) is 0 Å². The van der Waals surface area contributed by atoms with Crippen LogP contribution in [0.4, 0.5) is 0 Å². The standard InChI is InChI=1S/C5H7IN2O2/c1-9-4-3-6-8-5(7-4)10-2/h3H,1-2H3. The van der Waals surface area contributed by atoms with Crippen molar-refractivity contribution in [1.82, 2.24) is 0 Å². The van der Waals surface area contributed by atoms with Gasteiger partial charge in [-0.1, -0.05) is 0 Å². The highest BCUT2D eigenvalue weighted by Crippen LogP contribution is 2.05. The van der Waals surface area contributed by atoms with Crippen molar-refractivity contribution < 1.29 is 9.47 Å². The quantitative estimate of drug-likeness (QED) is 0.598. The molecular formula is C5H7IN2O2. The van der Waals surface area contributed by atoms with Crippen LogP contribution in [0.1, 0.15) is 0 Å². The fourth-order valence-electron chi connectivity index (χ4n) is 0.416. The van der Waals surface area contributed by atoms with Gasteiger partial charge in [-0.15, -0.1) is 0 Å². The predicted octanol–water partition coefficient (Wildman–Crippen LogP) is 0.735. The number of nitrogens with zero attached hydrogens (tertiary/aromatic N) is 2. The minimum Gasteiger partial charge on any atom is -0.481 e. The van der Waals surface area contributed by atoms with Crippen LogP contribution in [-0.2, 0) is 9.47 Å². The Balaban J connectivity index is 2.74. The molecule has 1 aliphatic heterocycles. The molecule has 0 saturated heterocycles. The smallest absolute Gasteiger partial charge is 0.324 e. The lowest BCUT2D eigenvalue weighted by atomic mass is 10.8. The largest absolute Gasteiger partial charge is 0.481 e. The van der Waals surface area contributed by atoms with Crippen LogP contribution >= 0.6 is 21.0 Å². The normalized spacial score (nSPS) is 16.6. The maximum atomic E-state index is 4.88. The van der Waals surface area contributed by atoms with Crippen LogP contribution in [0.15, 0.2) is 8.20 Å². The lowest BCUT2D eigenvalue weighted by Crippen LogP contribution is -2.09. The van der Waals surface area contributed by atoms with Gasteiger partial charge in [0.2, 0.25) is 5.90 Å². The lowest BCUT2D eigenvalue weighted by Gasteiger charge is -2.02. The highest BCUT2D eigenvalue weighted by atomic mass is 127. The minimum absolute atomic E-state index is 0.296. The highest BCUT2D eigenvalue weighted by Gasteiger charge is 2.02. The van der Waals surface area contributed by atoms with E-state index < -0.39 is 0 Å². The summed E-state index contributed by atoms with van der Waals surface area (Å²) in [6, 6.07) is 0.423. The summed E-state index contributed by atoms with van der Waals surface area (Å²) in [4.78, 5) is 3.91. The van der Waals surface area contributed by atoms with Crippen LogP contribution in [0, 0.1) is 0 Å². The van der Waals surface area contributed by atoms with Gasteiger partial charge >= 0.3 is 6.02 Å². The van der Waals surface area contributed by atoms with E-state index in [2.05, 4.69) is 8.20 Å². The second-order valence-electron chi connectivity index (χ2n) is 1.43. The molecule has 0 radical (unpaired) electrons. The zero-order valence-corrected chi connectivity index (χ0v) is 7.82. The topological polar surface area (TPSA) is 43.2 Å². The number of aliphatic imine (C=N–C) groups is 1. The van der Waals surface area contributed by atoms with Gasteiger partial charge in [-0.3, -0.25) is 0 Å². The molecule has 0 aromatic carbocycles. The number of rotatable bonds is 0. The van der Waals surface area contributed by atoms with E-state index in [9.17, 15) is 0 Å². The summed E-state index contributed by atoms with van der Waals surface area (Å²) in [6.45, 7) is 0. The molecule has 10 heavy (non-hydrogen) atoms. The first-order valence-corrected chi connectivity index (χ1v) is 4.78. The first kappa shape index (κ1) is 7.64. The third kappa shape index (κ3) is 1.76. The van der Waals surface area contributed by atoms with Crippen LogP contribution < -0.4 is 0 Å². The first-order valence-electron chi connectivity index (χ1n) is 2.57. The third-order valence-corrected chi connectivity index (χ3v) is 2.36. The van der Waals surface area contributed by atoms with Crippen molar-refractivity contribution in [2.45, 2.75) is 0 Å². The van der Waals surface area contributed by atoms with E-state index in [-0.39, 0.29) is 21.0 Å². The van der Waals surface area contributed by atoms with Crippen molar-refractivity contribution in [3.8, 4) is 0 Å². The zero-order valence-electron chi connectivity index (χ0n) is 5.67. The summed E-state index contributed by atoms with van der Waals surface area (Å²) in [7, 11) is 3.13. The van der Waals surface area contributed by atoms with Crippen molar-refractivity contribution >= 4 is 36.9 Å². The molecule has 1 rings (SSSR count). The molecule has 5 heteroatoms. The van der Waals surface area contributed by atoms with Crippen LogP contribution in [0.3, 0.4) is 0 Å². The van der Waals surface area contributed by atoms with E-state index >= 15 is 0 Å². The van der Waals surface area contributed by atoms with Gasteiger partial charge in [0.15, 0.2) is 0 Å². The van der Waals surface area contributed by atoms with Crippen molar-refractivity contribution in [2.24, 2.45) is 8.20 Å².